The van der Waals surface area contributed by atoms with Crippen LogP contribution in [0.25, 0.3) is 0 Å². The van der Waals surface area contributed by atoms with Crippen molar-refractivity contribution in [1.82, 2.24) is 4.72 Å². The van der Waals surface area contributed by atoms with Crippen LogP contribution >= 0.6 is 12.2 Å². The van der Waals surface area contributed by atoms with Gasteiger partial charge in [0.25, 0.3) is 0 Å². The van der Waals surface area contributed by atoms with Gasteiger partial charge in [-0.1, -0.05) is 30.4 Å². The second kappa shape index (κ2) is 2.48. The molecule has 1 aliphatic heterocycles. The topological polar surface area (TPSA) is 29.1 Å². The van der Waals surface area contributed by atoms with E-state index in [-0.39, 0.29) is 0 Å². The molecule has 1 aromatic carbocycles. The van der Waals surface area contributed by atoms with Crippen LogP contribution in [-0.4, -0.2) is 9.20 Å². The summed E-state index contributed by atoms with van der Waals surface area (Å²) in [5.74, 6) is 0. The molecular formula is C7H5NOS3. The van der Waals surface area contributed by atoms with Crippen molar-refractivity contribution in [2.45, 2.75) is 4.90 Å². The highest BCUT2D eigenvalue weighted by molar-refractivity contribution is 8.32. The van der Waals surface area contributed by atoms with Crippen molar-refractivity contribution >= 4 is 37.1 Å². The van der Waals surface area contributed by atoms with Crippen molar-refractivity contribution in [2.24, 2.45) is 0 Å². The molecule has 0 aromatic heterocycles. The molecule has 0 aliphatic carbocycles. The van der Waals surface area contributed by atoms with Crippen LogP contribution in [0, 0.1) is 0 Å². The fourth-order valence-corrected chi connectivity index (χ4v) is 3.74. The summed E-state index contributed by atoms with van der Waals surface area (Å²) in [6.45, 7) is 0. The average molecular weight is 215 g/mol. The van der Waals surface area contributed by atoms with Crippen LogP contribution in [0.2, 0.25) is 0 Å². The van der Waals surface area contributed by atoms with E-state index in [2.05, 4.69) is 4.72 Å². The maximum atomic E-state index is 11.6. The Morgan fingerprint density at radius 2 is 2.00 bits per heavy atom. The Labute approximate surface area is 80.8 Å². The van der Waals surface area contributed by atoms with Crippen LogP contribution in [-0.2, 0) is 19.9 Å². The van der Waals surface area contributed by atoms with Gasteiger partial charge in [0.15, 0.2) is 0 Å². The standard InChI is InChI=1S/C7H5NOS3/c9-12(11)6-4-2-1-3-5(6)7(10)8-12/h1-4H,(H,8,10). The van der Waals surface area contributed by atoms with Crippen LogP contribution in [0.4, 0.5) is 0 Å². The molecule has 62 valence electrons. The number of nitrogens with one attached hydrogen (secondary N) is 1. The molecule has 2 nitrogen and oxygen atoms in total. The highest BCUT2D eigenvalue weighted by Gasteiger charge is 2.25. The SMILES string of the molecule is O=S1(=S)NC(=S)c2ccccc21. The summed E-state index contributed by atoms with van der Waals surface area (Å²) in [4.78, 5) is 1.13. The van der Waals surface area contributed by atoms with Crippen molar-refractivity contribution in [3.05, 3.63) is 29.8 Å². The molecule has 1 atom stereocenters. The highest BCUT2D eigenvalue weighted by atomic mass is 32.8. The first-order valence-electron chi connectivity index (χ1n) is 3.27. The molecule has 0 saturated heterocycles. The lowest BCUT2D eigenvalue weighted by Crippen LogP contribution is -2.18. The third kappa shape index (κ3) is 1.05. The molecule has 1 aromatic rings. The quantitative estimate of drug-likeness (QED) is 0.654. The van der Waals surface area contributed by atoms with Crippen LogP contribution in [0.5, 0.6) is 0 Å². The van der Waals surface area contributed by atoms with E-state index in [0.29, 0.717) is 9.88 Å². The monoisotopic (exact) mass is 215 g/mol. The zero-order chi connectivity index (χ0) is 8.77. The molecular weight excluding hydrogens is 210 g/mol. The van der Waals surface area contributed by atoms with Crippen molar-refractivity contribution < 1.29 is 4.21 Å². The van der Waals surface area contributed by atoms with E-state index in [1.54, 1.807) is 12.1 Å². The van der Waals surface area contributed by atoms with E-state index in [0.717, 1.165) is 5.56 Å². The predicted octanol–water partition coefficient (Wildman–Crippen LogP) is 0.986. The van der Waals surface area contributed by atoms with Gasteiger partial charge in [0.05, 0.1) is 4.90 Å². The van der Waals surface area contributed by atoms with Gasteiger partial charge in [-0.15, -0.1) is 0 Å². The molecule has 12 heavy (non-hydrogen) atoms. The molecule has 1 N–H and O–H groups in total. The van der Waals surface area contributed by atoms with Crippen molar-refractivity contribution in [2.75, 3.05) is 0 Å². The molecule has 0 fully saturated rings. The molecule has 1 aliphatic rings. The molecule has 0 amide bonds. The number of benzene rings is 1. The van der Waals surface area contributed by atoms with Gasteiger partial charge in [-0.3, -0.25) is 4.72 Å². The Hall–Kier alpha value is -0.520. The van der Waals surface area contributed by atoms with E-state index in [9.17, 15) is 4.21 Å². The van der Waals surface area contributed by atoms with E-state index >= 15 is 0 Å². The maximum Gasteiger partial charge on any atom is 0.141 e. The number of thiocarbonyl (C=S) groups is 1. The lowest BCUT2D eigenvalue weighted by atomic mass is 10.2. The zero-order valence-corrected chi connectivity index (χ0v) is 8.39. The fraction of sp³-hybridized carbons (Fsp3) is 0. The van der Waals surface area contributed by atoms with Gasteiger partial charge in [-0.25, -0.2) is 4.21 Å². The van der Waals surface area contributed by atoms with Crippen LogP contribution in [0.3, 0.4) is 0 Å². The lowest BCUT2D eigenvalue weighted by molar-refractivity contribution is 0.681. The molecule has 2 rings (SSSR count). The molecule has 0 radical (unpaired) electrons. The minimum absolute atomic E-state index is 0.491. The van der Waals surface area contributed by atoms with Gasteiger partial charge in [0.1, 0.15) is 13.7 Å². The number of rotatable bonds is 0. The van der Waals surface area contributed by atoms with Crippen LogP contribution in [0.1, 0.15) is 5.56 Å². The summed E-state index contributed by atoms with van der Waals surface area (Å²) in [6.07, 6.45) is 0. The lowest BCUT2D eigenvalue weighted by Gasteiger charge is -1.95. The fourth-order valence-electron chi connectivity index (χ4n) is 1.12. The molecule has 1 unspecified atom stereocenters. The van der Waals surface area contributed by atoms with Gasteiger partial charge in [-0.05, 0) is 6.07 Å². The second-order valence-electron chi connectivity index (χ2n) is 2.43. The molecule has 1 heterocycles. The van der Waals surface area contributed by atoms with Crippen LogP contribution in [0.15, 0.2) is 29.2 Å². The van der Waals surface area contributed by atoms with E-state index < -0.39 is 8.68 Å². The summed E-state index contributed by atoms with van der Waals surface area (Å²) < 4.78 is 14.3. The number of fused-ring (bicyclic) bond motifs is 1. The van der Waals surface area contributed by atoms with E-state index in [1.807, 2.05) is 12.1 Å². The van der Waals surface area contributed by atoms with Gasteiger partial charge in [0.2, 0.25) is 0 Å². The summed E-state index contributed by atoms with van der Waals surface area (Å²) in [6, 6.07) is 7.23. The first kappa shape index (κ1) is 8.10. The first-order chi connectivity index (χ1) is 5.61. The molecule has 0 saturated carbocycles. The zero-order valence-electron chi connectivity index (χ0n) is 5.94. The minimum atomic E-state index is -2.51. The molecule has 0 spiro atoms. The number of hydrogen-bond acceptors (Lipinski definition) is 3. The summed E-state index contributed by atoms with van der Waals surface area (Å²) >= 11 is 9.84. The van der Waals surface area contributed by atoms with E-state index in [1.165, 1.54) is 0 Å². The third-order valence-corrected chi connectivity index (χ3v) is 4.30. The smallest absolute Gasteiger partial charge is 0.141 e. The number of hydrogen-bond donors (Lipinski definition) is 1. The summed E-state index contributed by atoms with van der Waals surface area (Å²) in [7, 11) is -2.51. The predicted molar refractivity (Wildman–Crippen MR) is 55.1 cm³/mol. The van der Waals surface area contributed by atoms with Crippen LogP contribution < -0.4 is 4.72 Å². The summed E-state index contributed by atoms with van der Waals surface area (Å²) in [5, 5.41) is 0. The largest absolute Gasteiger partial charge is 0.291 e. The van der Waals surface area contributed by atoms with Gasteiger partial charge in [0, 0.05) is 16.8 Å². The highest BCUT2D eigenvalue weighted by Crippen LogP contribution is 2.22. The Morgan fingerprint density at radius 3 is 2.67 bits per heavy atom. The second-order valence-corrected chi connectivity index (χ2v) is 5.90. The van der Waals surface area contributed by atoms with Crippen molar-refractivity contribution in [3.8, 4) is 0 Å². The van der Waals surface area contributed by atoms with E-state index in [4.69, 9.17) is 23.4 Å². The van der Waals surface area contributed by atoms with Crippen molar-refractivity contribution in [3.63, 3.8) is 0 Å². The third-order valence-electron chi connectivity index (χ3n) is 1.65. The summed E-state index contributed by atoms with van der Waals surface area (Å²) in [5.41, 5.74) is 0.799. The van der Waals surface area contributed by atoms with Gasteiger partial charge in [-0.2, -0.15) is 0 Å². The average Bonchev–Trinajstić information content (AvgIpc) is 2.25. The first-order valence-corrected chi connectivity index (χ1v) is 6.16. The Morgan fingerprint density at radius 1 is 1.33 bits per heavy atom. The Kier molecular flexibility index (Phi) is 1.67. The Balaban J connectivity index is 2.83. The van der Waals surface area contributed by atoms with Gasteiger partial charge >= 0.3 is 0 Å². The maximum absolute atomic E-state index is 11.6. The van der Waals surface area contributed by atoms with Crippen molar-refractivity contribution in [1.29, 1.82) is 0 Å². The normalized spacial score (nSPS) is 26.5. The van der Waals surface area contributed by atoms with Gasteiger partial charge < -0.3 is 0 Å². The molecule has 0 bridgehead atoms. The minimum Gasteiger partial charge on any atom is -0.291 e. The molecule has 5 heteroatoms. The Bertz CT molecular complexity index is 449.